The molecule has 0 bridgehead atoms. The molecule has 0 aromatic carbocycles. The molecular weight excluding hydrogens is 172 g/mol. The number of aliphatic carboxylic acids is 1. The van der Waals surface area contributed by atoms with Crippen LogP contribution in [0.3, 0.4) is 0 Å². The molecule has 0 fully saturated rings. The van der Waals surface area contributed by atoms with Crippen LogP contribution in [0.4, 0.5) is 0 Å². The highest BCUT2D eigenvalue weighted by atomic mass is 16.4. The zero-order chi connectivity index (χ0) is 10.4. The zero-order valence-corrected chi connectivity index (χ0v) is 7.99. The summed E-state index contributed by atoms with van der Waals surface area (Å²) in [5, 5.41) is 8.55. The number of hydrogen-bond acceptors (Lipinski definition) is 3. The van der Waals surface area contributed by atoms with Gasteiger partial charge in [0, 0.05) is 0 Å². The molecule has 0 aromatic heterocycles. The molecule has 0 saturated carbocycles. The number of carboxylic acid groups (broad SMARTS) is 1. The minimum absolute atomic E-state index is 0.141. The summed E-state index contributed by atoms with van der Waals surface area (Å²) in [7, 11) is 0. The highest BCUT2D eigenvalue weighted by Gasteiger charge is 2.19. The SMILES string of the molecule is CCCN(CC(=O)O)C(C)C(N)=O. The maximum absolute atomic E-state index is 10.8. The van der Waals surface area contributed by atoms with Crippen LogP contribution in [0.2, 0.25) is 0 Å². The minimum atomic E-state index is -0.943. The van der Waals surface area contributed by atoms with Crippen molar-refractivity contribution in [3.8, 4) is 0 Å². The first-order valence-corrected chi connectivity index (χ1v) is 4.24. The first kappa shape index (κ1) is 11.9. The van der Waals surface area contributed by atoms with Gasteiger partial charge in [-0.15, -0.1) is 0 Å². The molecule has 0 radical (unpaired) electrons. The van der Waals surface area contributed by atoms with Crippen molar-refractivity contribution >= 4 is 11.9 Å². The third-order valence-electron chi connectivity index (χ3n) is 1.81. The molecule has 13 heavy (non-hydrogen) atoms. The highest BCUT2D eigenvalue weighted by Crippen LogP contribution is 1.99. The Labute approximate surface area is 77.5 Å². The van der Waals surface area contributed by atoms with E-state index in [1.165, 1.54) is 0 Å². The molecule has 0 spiro atoms. The number of carboxylic acids is 1. The second-order valence-corrected chi connectivity index (χ2v) is 2.94. The Morgan fingerprint density at radius 3 is 2.38 bits per heavy atom. The van der Waals surface area contributed by atoms with Gasteiger partial charge < -0.3 is 10.8 Å². The summed E-state index contributed by atoms with van der Waals surface area (Å²) < 4.78 is 0. The zero-order valence-electron chi connectivity index (χ0n) is 7.99. The van der Waals surface area contributed by atoms with Gasteiger partial charge in [0.1, 0.15) is 0 Å². The quantitative estimate of drug-likeness (QED) is 0.597. The predicted molar refractivity (Wildman–Crippen MR) is 48.2 cm³/mol. The Bertz CT molecular complexity index is 194. The molecule has 1 amide bonds. The summed E-state index contributed by atoms with van der Waals surface area (Å²) in [6.45, 7) is 3.96. The molecule has 1 unspecified atom stereocenters. The van der Waals surface area contributed by atoms with Crippen LogP contribution in [-0.4, -0.2) is 41.0 Å². The standard InChI is InChI=1S/C8H16N2O3/c1-3-4-10(5-7(11)12)6(2)8(9)13/h6H,3-5H2,1-2H3,(H2,9,13)(H,11,12). The fraction of sp³-hybridized carbons (Fsp3) is 0.750. The minimum Gasteiger partial charge on any atom is -0.480 e. The number of nitrogens with zero attached hydrogens (tertiary/aromatic N) is 1. The largest absolute Gasteiger partial charge is 0.480 e. The molecule has 3 N–H and O–H groups in total. The fourth-order valence-electron chi connectivity index (χ4n) is 1.05. The van der Waals surface area contributed by atoms with E-state index in [1.807, 2.05) is 6.92 Å². The Hall–Kier alpha value is -1.10. The second-order valence-electron chi connectivity index (χ2n) is 2.94. The summed E-state index contributed by atoms with van der Waals surface area (Å²) in [5.74, 6) is -1.43. The van der Waals surface area contributed by atoms with Gasteiger partial charge in [0.25, 0.3) is 0 Å². The van der Waals surface area contributed by atoms with Gasteiger partial charge in [0.2, 0.25) is 5.91 Å². The van der Waals surface area contributed by atoms with Crippen LogP contribution in [0.25, 0.3) is 0 Å². The molecular formula is C8H16N2O3. The van der Waals surface area contributed by atoms with E-state index >= 15 is 0 Å². The first-order chi connectivity index (χ1) is 5.99. The van der Waals surface area contributed by atoms with Crippen molar-refractivity contribution in [1.29, 1.82) is 0 Å². The summed E-state index contributed by atoms with van der Waals surface area (Å²) in [6, 6.07) is -0.518. The van der Waals surface area contributed by atoms with Crippen molar-refractivity contribution in [2.75, 3.05) is 13.1 Å². The lowest BCUT2D eigenvalue weighted by Gasteiger charge is -2.24. The topological polar surface area (TPSA) is 83.6 Å². The molecule has 0 aliphatic rings. The van der Waals surface area contributed by atoms with Gasteiger partial charge >= 0.3 is 5.97 Å². The van der Waals surface area contributed by atoms with E-state index in [2.05, 4.69) is 0 Å². The van der Waals surface area contributed by atoms with Gasteiger partial charge in [-0.3, -0.25) is 14.5 Å². The number of amides is 1. The van der Waals surface area contributed by atoms with Gasteiger partial charge in [0.05, 0.1) is 12.6 Å². The molecule has 0 heterocycles. The van der Waals surface area contributed by atoms with E-state index in [-0.39, 0.29) is 6.54 Å². The van der Waals surface area contributed by atoms with Crippen LogP contribution in [0.5, 0.6) is 0 Å². The molecule has 0 aliphatic carbocycles. The number of primary amides is 1. The van der Waals surface area contributed by atoms with Crippen molar-refractivity contribution in [3.05, 3.63) is 0 Å². The normalized spacial score (nSPS) is 12.8. The average Bonchev–Trinajstić information content (AvgIpc) is 2.01. The lowest BCUT2D eigenvalue weighted by Crippen LogP contribution is -2.45. The molecule has 0 saturated heterocycles. The maximum atomic E-state index is 10.8. The van der Waals surface area contributed by atoms with E-state index in [0.29, 0.717) is 6.54 Å². The Morgan fingerprint density at radius 1 is 1.54 bits per heavy atom. The third-order valence-corrected chi connectivity index (χ3v) is 1.81. The van der Waals surface area contributed by atoms with Gasteiger partial charge in [-0.1, -0.05) is 6.92 Å². The van der Waals surface area contributed by atoms with Gasteiger partial charge in [-0.25, -0.2) is 0 Å². The molecule has 76 valence electrons. The van der Waals surface area contributed by atoms with Crippen molar-refractivity contribution < 1.29 is 14.7 Å². The van der Waals surface area contributed by atoms with Crippen molar-refractivity contribution in [3.63, 3.8) is 0 Å². The summed E-state index contributed by atoms with van der Waals surface area (Å²) in [4.78, 5) is 22.7. The van der Waals surface area contributed by atoms with Crippen molar-refractivity contribution in [2.45, 2.75) is 26.3 Å². The molecule has 1 atom stereocenters. The molecule has 0 aromatic rings. The molecule has 0 rings (SSSR count). The van der Waals surface area contributed by atoms with Crippen LogP contribution < -0.4 is 5.73 Å². The van der Waals surface area contributed by atoms with Crippen LogP contribution in [0, 0.1) is 0 Å². The highest BCUT2D eigenvalue weighted by molar-refractivity contribution is 5.80. The van der Waals surface area contributed by atoms with Crippen LogP contribution in [0.15, 0.2) is 0 Å². The van der Waals surface area contributed by atoms with Gasteiger partial charge in [0.15, 0.2) is 0 Å². The molecule has 5 nitrogen and oxygen atoms in total. The van der Waals surface area contributed by atoms with Crippen LogP contribution >= 0.6 is 0 Å². The molecule has 0 aliphatic heterocycles. The Morgan fingerprint density at radius 2 is 2.08 bits per heavy atom. The van der Waals surface area contributed by atoms with Crippen LogP contribution in [0.1, 0.15) is 20.3 Å². The van der Waals surface area contributed by atoms with Gasteiger partial charge in [-0.05, 0) is 19.9 Å². The monoisotopic (exact) mass is 188 g/mol. The Balaban J connectivity index is 4.22. The third kappa shape index (κ3) is 4.47. The summed E-state index contributed by atoms with van der Waals surface area (Å²) in [5.41, 5.74) is 5.07. The molecule has 5 heteroatoms. The average molecular weight is 188 g/mol. The summed E-state index contributed by atoms with van der Waals surface area (Å²) in [6.07, 6.45) is 0.797. The first-order valence-electron chi connectivity index (χ1n) is 4.24. The van der Waals surface area contributed by atoms with Gasteiger partial charge in [-0.2, -0.15) is 0 Å². The van der Waals surface area contributed by atoms with E-state index < -0.39 is 17.9 Å². The van der Waals surface area contributed by atoms with Crippen molar-refractivity contribution in [2.24, 2.45) is 5.73 Å². The summed E-state index contributed by atoms with van der Waals surface area (Å²) >= 11 is 0. The van der Waals surface area contributed by atoms with E-state index in [4.69, 9.17) is 10.8 Å². The number of carbonyl (C=O) groups excluding carboxylic acids is 1. The van der Waals surface area contributed by atoms with Crippen molar-refractivity contribution in [1.82, 2.24) is 4.90 Å². The number of hydrogen-bond donors (Lipinski definition) is 2. The number of nitrogens with two attached hydrogens (primary N) is 1. The smallest absolute Gasteiger partial charge is 0.317 e. The van der Waals surface area contributed by atoms with E-state index in [0.717, 1.165) is 6.42 Å². The predicted octanol–water partition coefficient (Wildman–Crippen LogP) is -0.343. The number of carbonyl (C=O) groups is 2. The number of rotatable bonds is 6. The Kier molecular flexibility index (Phi) is 5.06. The van der Waals surface area contributed by atoms with E-state index in [1.54, 1.807) is 11.8 Å². The fourth-order valence-corrected chi connectivity index (χ4v) is 1.05. The van der Waals surface area contributed by atoms with Crippen LogP contribution in [-0.2, 0) is 9.59 Å². The van der Waals surface area contributed by atoms with E-state index in [9.17, 15) is 9.59 Å². The second kappa shape index (κ2) is 5.53. The lowest BCUT2D eigenvalue weighted by atomic mass is 10.2. The maximum Gasteiger partial charge on any atom is 0.317 e. The lowest BCUT2D eigenvalue weighted by molar-refractivity contribution is -0.139.